The van der Waals surface area contributed by atoms with Crippen LogP contribution in [0.4, 0.5) is 0 Å². The second-order valence-electron chi connectivity index (χ2n) is 15.6. The molecule has 1 aliphatic carbocycles. The fourth-order valence-corrected chi connectivity index (χ4v) is 10.4. The smallest absolute Gasteiger partial charge is 0.423 e. The van der Waals surface area contributed by atoms with E-state index in [0.29, 0.717) is 37.3 Å². The number of hydrogen-bond donors (Lipinski definition) is 3. The Morgan fingerprint density at radius 1 is 1.20 bits per heavy atom. The van der Waals surface area contributed by atoms with Crippen LogP contribution < -0.4 is 5.46 Å². The topological polar surface area (TPSA) is 123 Å². The second kappa shape index (κ2) is 14.1. The summed E-state index contributed by atoms with van der Waals surface area (Å²) in [6.07, 6.45) is 7.59. The number of carbonyl (C=O) groups excluding carboxylic acids is 3. The molecule has 3 N–H and O–H groups in total. The van der Waals surface area contributed by atoms with E-state index in [9.17, 15) is 24.4 Å². The van der Waals surface area contributed by atoms with Crippen molar-refractivity contribution in [3.8, 4) is 0 Å². The summed E-state index contributed by atoms with van der Waals surface area (Å²) in [5.41, 5.74) is 4.68. The SMILES string of the molecule is [CH2-]CCCc1cc(CC2C(=O)N3CCCC3C3OC(C)(CC(=O)C4CC5Cc6cccc7[nH]cc(c67)C5N(C)C4)C(=O)C23)ccc1B(O)O.[Ho]. The first-order valence-corrected chi connectivity index (χ1v) is 18.2. The number of fused-ring (bicyclic) bond motifs is 5. The number of likely N-dealkylation sites (tertiary alicyclic amines) is 1. The first-order valence-electron chi connectivity index (χ1n) is 18.2. The van der Waals surface area contributed by atoms with Gasteiger partial charge >= 0.3 is 7.12 Å². The van der Waals surface area contributed by atoms with Crippen molar-refractivity contribution in [2.45, 2.75) is 88.5 Å². The van der Waals surface area contributed by atoms with Crippen molar-refractivity contribution < 1.29 is 66.9 Å². The molecule has 0 bridgehead atoms. The molecule has 8 atom stereocenters. The van der Waals surface area contributed by atoms with Gasteiger partial charge in [-0.3, -0.25) is 19.3 Å². The molecule has 4 aliphatic heterocycles. The van der Waals surface area contributed by atoms with E-state index < -0.39 is 30.7 Å². The average molecular weight is 830 g/mol. The zero-order valence-electron chi connectivity index (χ0n) is 28.9. The summed E-state index contributed by atoms with van der Waals surface area (Å²) in [5, 5.41) is 21.2. The molecule has 9 nitrogen and oxygen atoms in total. The van der Waals surface area contributed by atoms with Crippen LogP contribution in [0.5, 0.6) is 0 Å². The Balaban J connectivity index is 0.00000392. The Hall–Kier alpha value is -2.05. The van der Waals surface area contributed by atoms with Crippen molar-refractivity contribution in [2.24, 2.45) is 23.7 Å². The third-order valence-corrected chi connectivity index (χ3v) is 12.5. The minimum atomic E-state index is -1.59. The second-order valence-corrected chi connectivity index (χ2v) is 15.6. The quantitative estimate of drug-likeness (QED) is 0.224. The fraction of sp³-hybridized carbons (Fsp3) is 0.538. The van der Waals surface area contributed by atoms with Crippen LogP contribution in [0.2, 0.25) is 0 Å². The fourth-order valence-electron chi connectivity index (χ4n) is 10.4. The number of piperidine rings is 2. The zero-order chi connectivity index (χ0) is 34.2. The van der Waals surface area contributed by atoms with Crippen LogP contribution in [0.15, 0.2) is 42.6 Å². The summed E-state index contributed by atoms with van der Waals surface area (Å²) in [6.45, 7) is 6.99. The van der Waals surface area contributed by atoms with Crippen LogP contribution in [0.25, 0.3) is 10.9 Å². The van der Waals surface area contributed by atoms with Crippen molar-refractivity contribution in [3.05, 3.63) is 71.8 Å². The Bertz CT molecular complexity index is 1810. The van der Waals surface area contributed by atoms with E-state index in [4.69, 9.17) is 4.74 Å². The molecule has 5 aliphatic rings. The molecular formula is C39H47BHoN3O6-. The van der Waals surface area contributed by atoms with E-state index in [1.807, 2.05) is 17.0 Å². The van der Waals surface area contributed by atoms with E-state index in [1.54, 1.807) is 13.0 Å². The number of H-pyrrole nitrogens is 1. The van der Waals surface area contributed by atoms with Crippen LogP contribution in [0.3, 0.4) is 0 Å². The van der Waals surface area contributed by atoms with Crippen LogP contribution in [-0.4, -0.2) is 87.3 Å². The maximum atomic E-state index is 14.5. The summed E-state index contributed by atoms with van der Waals surface area (Å²) >= 11 is 0. The van der Waals surface area contributed by atoms with Gasteiger partial charge in [-0.15, -0.1) is 0 Å². The van der Waals surface area contributed by atoms with Crippen LogP contribution >= 0.6 is 0 Å². The van der Waals surface area contributed by atoms with Crippen LogP contribution in [-0.2, 0) is 38.4 Å². The van der Waals surface area contributed by atoms with Gasteiger partial charge in [0.05, 0.1) is 24.0 Å². The molecule has 1 amide bonds. The maximum absolute atomic E-state index is 14.5. The van der Waals surface area contributed by atoms with Gasteiger partial charge in [0, 0.05) is 86.3 Å². The number of Topliss-reactive ketones (excluding diaryl/α,β-unsaturated/α-hetero) is 2. The standard InChI is InChI=1S/C39H47BN3O6.Ho/c1-4-5-8-23-15-22(12-13-29(23)40(47)48)16-27-34-36(31-11-7-14-43(31)38(27)46)49-39(2,37(34)45)19-32(44)26-18-25-17-24-9-6-10-30-33(24)28(20-41-30)35(25)42(3)21-26;/h6,9-10,12-13,15,20,25-27,31,34-36,41,47-48H,1,4-5,7-8,11,14,16-19,21H2,2-3H3;/q-1;. The molecule has 0 spiro atoms. The van der Waals surface area contributed by atoms with Crippen molar-refractivity contribution >= 4 is 41.0 Å². The molecule has 8 unspecified atom stereocenters. The number of aromatic amines is 1. The Morgan fingerprint density at radius 3 is 2.80 bits per heavy atom. The number of aromatic nitrogens is 1. The molecule has 2 aromatic carbocycles. The molecule has 4 fully saturated rings. The van der Waals surface area contributed by atoms with Gasteiger partial charge in [0.15, 0.2) is 5.78 Å². The number of ketones is 2. The number of aryl methyl sites for hydroxylation is 1. The maximum Gasteiger partial charge on any atom is 0.488 e. The minimum absolute atomic E-state index is 0. The van der Waals surface area contributed by atoms with Gasteiger partial charge in [0.1, 0.15) is 11.4 Å². The summed E-state index contributed by atoms with van der Waals surface area (Å²) < 4.78 is 6.74. The van der Waals surface area contributed by atoms with Crippen LogP contribution in [0, 0.1) is 68.3 Å². The van der Waals surface area contributed by atoms with E-state index in [0.717, 1.165) is 55.2 Å². The van der Waals surface area contributed by atoms with Crippen molar-refractivity contribution in [3.63, 3.8) is 0 Å². The Labute approximate surface area is 324 Å². The van der Waals surface area contributed by atoms with E-state index >= 15 is 0 Å². The first kappa shape index (κ1) is 36.3. The number of benzene rings is 2. The number of ether oxygens (including phenoxy) is 1. The molecule has 269 valence electrons. The number of carbonyl (C=O) groups is 3. The molecule has 4 saturated heterocycles. The minimum Gasteiger partial charge on any atom is -0.423 e. The van der Waals surface area contributed by atoms with E-state index in [2.05, 4.69) is 48.3 Å². The predicted molar refractivity (Wildman–Crippen MR) is 187 cm³/mol. The van der Waals surface area contributed by atoms with E-state index in [-0.39, 0.29) is 79.6 Å². The van der Waals surface area contributed by atoms with Gasteiger partial charge in [0.2, 0.25) is 5.91 Å². The van der Waals surface area contributed by atoms with Gasteiger partial charge < -0.3 is 31.6 Å². The van der Waals surface area contributed by atoms with Gasteiger partial charge in [-0.05, 0) is 92.2 Å². The van der Waals surface area contributed by atoms with Crippen molar-refractivity contribution in [1.29, 1.82) is 0 Å². The van der Waals surface area contributed by atoms with Crippen molar-refractivity contribution in [1.82, 2.24) is 14.8 Å². The average Bonchev–Trinajstić information content (AvgIpc) is 3.80. The summed E-state index contributed by atoms with van der Waals surface area (Å²) in [7, 11) is 0.525. The largest absolute Gasteiger partial charge is 0.488 e. The number of unbranched alkanes of at least 4 members (excludes halogenated alkanes) is 1. The van der Waals surface area contributed by atoms with Gasteiger partial charge in [-0.1, -0.05) is 36.8 Å². The Morgan fingerprint density at radius 2 is 2.02 bits per heavy atom. The molecule has 1 aromatic heterocycles. The number of rotatable bonds is 9. The van der Waals surface area contributed by atoms with Crippen molar-refractivity contribution in [2.75, 3.05) is 20.1 Å². The molecule has 3 aromatic rings. The third-order valence-electron chi connectivity index (χ3n) is 12.5. The number of nitrogens with one attached hydrogen (secondary N) is 1. The Kier molecular flexibility index (Phi) is 10.2. The summed E-state index contributed by atoms with van der Waals surface area (Å²) in [4.78, 5) is 50.5. The third kappa shape index (κ3) is 6.04. The van der Waals surface area contributed by atoms with Gasteiger partial charge in [-0.2, -0.15) is 6.42 Å². The molecule has 1 radical (unpaired) electrons. The molecule has 50 heavy (non-hydrogen) atoms. The normalized spacial score (nSPS) is 31.7. The molecular weight excluding hydrogens is 782 g/mol. The molecule has 5 heterocycles. The van der Waals surface area contributed by atoms with Crippen LogP contribution in [0.1, 0.15) is 73.7 Å². The van der Waals surface area contributed by atoms with Gasteiger partial charge in [0.25, 0.3) is 0 Å². The first-order chi connectivity index (χ1) is 23.6. The number of nitrogens with zero attached hydrogens (tertiary/aromatic N) is 2. The predicted octanol–water partition coefficient (Wildman–Crippen LogP) is 3.34. The molecule has 11 heteroatoms. The van der Waals surface area contributed by atoms with E-state index in [1.165, 1.54) is 16.5 Å². The summed E-state index contributed by atoms with van der Waals surface area (Å²) in [5.74, 6) is -1.19. The number of hydrogen-bond acceptors (Lipinski definition) is 7. The monoisotopic (exact) mass is 829 g/mol. The molecule has 8 rings (SSSR count). The number of amides is 1. The molecule has 0 saturated carbocycles. The zero-order valence-corrected chi connectivity index (χ0v) is 30.8. The summed E-state index contributed by atoms with van der Waals surface area (Å²) in [6, 6.07) is 12.0. The van der Waals surface area contributed by atoms with Gasteiger partial charge in [-0.25, -0.2) is 0 Å².